The Bertz CT molecular complexity index is 436. The summed E-state index contributed by atoms with van der Waals surface area (Å²) < 4.78 is 10.8. The monoisotopic (exact) mass is 694 g/mol. The predicted molar refractivity (Wildman–Crippen MR) is 183 cm³/mol. The van der Waals surface area contributed by atoms with Gasteiger partial charge in [-0.15, -0.1) is 13.2 Å². The third-order valence-electron chi connectivity index (χ3n) is 7.78. The molecular formula is C36H76O6Zr. The Hall–Kier alpha value is 0.123. The summed E-state index contributed by atoms with van der Waals surface area (Å²) in [4.78, 5) is 0. The minimum absolute atomic E-state index is 0. The Balaban J connectivity index is -0.000000153. The van der Waals surface area contributed by atoms with Crippen LogP contribution in [0.1, 0.15) is 132 Å². The van der Waals surface area contributed by atoms with Gasteiger partial charge in [0.2, 0.25) is 0 Å². The van der Waals surface area contributed by atoms with E-state index in [1.807, 2.05) is 6.92 Å². The van der Waals surface area contributed by atoms with E-state index in [0.29, 0.717) is 64.0 Å². The number of hydrogen-bond donors (Lipinski definition) is 4. The van der Waals surface area contributed by atoms with Crippen LogP contribution in [0.4, 0.5) is 0 Å². The summed E-state index contributed by atoms with van der Waals surface area (Å²) in [5.41, 5.74) is -0.300. The van der Waals surface area contributed by atoms with Gasteiger partial charge >= 0.3 is 0 Å². The van der Waals surface area contributed by atoms with Gasteiger partial charge in [0, 0.05) is 51.4 Å². The maximum absolute atomic E-state index is 9.36. The molecule has 0 radical (unpaired) electrons. The molecule has 0 aromatic carbocycles. The molecule has 7 heteroatoms. The van der Waals surface area contributed by atoms with Crippen molar-refractivity contribution >= 4 is 0 Å². The van der Waals surface area contributed by atoms with Crippen molar-refractivity contribution < 1.29 is 56.1 Å². The first-order valence-corrected chi connectivity index (χ1v) is 17.1. The first-order chi connectivity index (χ1) is 20.3. The second kappa shape index (κ2) is 44.2. The summed E-state index contributed by atoms with van der Waals surface area (Å²) in [6.07, 6.45) is 18.7. The Morgan fingerprint density at radius 1 is 0.581 bits per heavy atom. The molecule has 0 bridgehead atoms. The molecule has 0 rings (SSSR count). The standard InChI is InChI=1S/C12H22O3.3C8H18O.Zr/c1-4-7-14-10-12(6-3,9-13)11-15-8-5-2;3*1-3-5-6-8(4-2)7-9;/h4-5,13H,1-2,6-11H2,3H3;3*8-9H,3-7H2,1-2H3;. The largest absolute Gasteiger partial charge is 0.396 e. The van der Waals surface area contributed by atoms with E-state index < -0.39 is 0 Å². The van der Waals surface area contributed by atoms with Crippen molar-refractivity contribution in [2.75, 3.05) is 52.9 Å². The fourth-order valence-corrected chi connectivity index (χ4v) is 3.92. The number of hydrogen-bond acceptors (Lipinski definition) is 6. The van der Waals surface area contributed by atoms with E-state index in [4.69, 9.17) is 24.8 Å². The maximum Gasteiger partial charge on any atom is 0.0645 e. The molecule has 0 aromatic rings. The quantitative estimate of drug-likeness (QED) is 0.0566. The molecule has 0 fully saturated rings. The summed E-state index contributed by atoms with van der Waals surface area (Å²) in [6.45, 7) is 25.3. The zero-order valence-corrected chi connectivity index (χ0v) is 32.2. The molecule has 0 aliphatic heterocycles. The molecule has 0 aliphatic rings. The summed E-state index contributed by atoms with van der Waals surface area (Å²) in [5, 5.41) is 35.6. The van der Waals surface area contributed by atoms with E-state index in [-0.39, 0.29) is 38.2 Å². The van der Waals surface area contributed by atoms with Gasteiger partial charge in [0.05, 0.1) is 33.0 Å². The van der Waals surface area contributed by atoms with Crippen LogP contribution in [-0.2, 0) is 35.7 Å². The first-order valence-electron chi connectivity index (χ1n) is 17.1. The molecule has 0 heterocycles. The maximum atomic E-state index is 9.36. The van der Waals surface area contributed by atoms with E-state index in [9.17, 15) is 5.11 Å². The van der Waals surface area contributed by atoms with Crippen LogP contribution < -0.4 is 0 Å². The molecule has 0 amide bonds. The summed E-state index contributed by atoms with van der Waals surface area (Å²) in [7, 11) is 0. The van der Waals surface area contributed by atoms with Gasteiger partial charge in [-0.1, -0.05) is 118 Å². The number of ether oxygens (including phenoxy) is 2. The van der Waals surface area contributed by atoms with Crippen LogP contribution in [0, 0.1) is 23.2 Å². The van der Waals surface area contributed by atoms with E-state index in [2.05, 4.69) is 54.7 Å². The van der Waals surface area contributed by atoms with Crippen molar-refractivity contribution in [3.63, 3.8) is 0 Å². The van der Waals surface area contributed by atoms with Crippen LogP contribution in [0.2, 0.25) is 0 Å². The van der Waals surface area contributed by atoms with Gasteiger partial charge in [-0.05, 0) is 43.4 Å². The molecule has 0 spiro atoms. The number of aliphatic hydroxyl groups is 4. The third kappa shape index (κ3) is 38.2. The van der Waals surface area contributed by atoms with Crippen LogP contribution in [0.3, 0.4) is 0 Å². The Morgan fingerprint density at radius 2 is 0.884 bits per heavy atom. The van der Waals surface area contributed by atoms with Crippen molar-refractivity contribution in [1.82, 2.24) is 0 Å². The second-order valence-electron chi connectivity index (χ2n) is 11.4. The minimum Gasteiger partial charge on any atom is -0.396 e. The predicted octanol–water partition coefficient (Wildman–Crippen LogP) is 8.36. The molecule has 3 atom stereocenters. The first kappa shape index (κ1) is 52.6. The molecule has 0 saturated heterocycles. The average molecular weight is 696 g/mol. The molecular weight excluding hydrogens is 620 g/mol. The Morgan fingerprint density at radius 3 is 1.05 bits per heavy atom. The zero-order chi connectivity index (χ0) is 32.9. The van der Waals surface area contributed by atoms with E-state index >= 15 is 0 Å². The molecule has 4 N–H and O–H groups in total. The van der Waals surface area contributed by atoms with Crippen molar-refractivity contribution in [3.05, 3.63) is 25.3 Å². The van der Waals surface area contributed by atoms with Crippen LogP contribution >= 0.6 is 0 Å². The number of aliphatic hydroxyl groups excluding tert-OH is 4. The van der Waals surface area contributed by atoms with E-state index in [1.165, 1.54) is 57.8 Å². The van der Waals surface area contributed by atoms with E-state index in [0.717, 1.165) is 25.7 Å². The smallest absolute Gasteiger partial charge is 0.0645 e. The molecule has 3 unspecified atom stereocenters. The number of unbranched alkanes of at least 4 members (excludes halogenated alkanes) is 3. The molecule has 260 valence electrons. The SMILES string of the molecule is C=CCOCC(CC)(CO)COCC=C.CCCCC(CC)CO.CCCCC(CC)CO.CCCCC(CC)CO.[Zr]. The van der Waals surface area contributed by atoms with Gasteiger partial charge in [0.15, 0.2) is 0 Å². The molecule has 6 nitrogen and oxygen atoms in total. The second-order valence-corrected chi connectivity index (χ2v) is 11.4. The number of rotatable bonds is 25. The van der Waals surface area contributed by atoms with Crippen molar-refractivity contribution in [1.29, 1.82) is 0 Å². The van der Waals surface area contributed by atoms with Crippen molar-refractivity contribution in [3.8, 4) is 0 Å². The average Bonchev–Trinajstić information content (AvgIpc) is 3.03. The van der Waals surface area contributed by atoms with Crippen LogP contribution in [-0.4, -0.2) is 73.3 Å². The molecule has 0 saturated carbocycles. The zero-order valence-electron chi connectivity index (χ0n) is 29.8. The molecule has 43 heavy (non-hydrogen) atoms. The van der Waals surface area contributed by atoms with Gasteiger partial charge in [0.1, 0.15) is 0 Å². The van der Waals surface area contributed by atoms with Gasteiger partial charge in [-0.2, -0.15) is 0 Å². The van der Waals surface area contributed by atoms with Crippen molar-refractivity contribution in [2.45, 2.75) is 132 Å². The van der Waals surface area contributed by atoms with Gasteiger partial charge < -0.3 is 29.9 Å². The fraction of sp³-hybridized carbons (Fsp3) is 0.889. The van der Waals surface area contributed by atoms with E-state index in [1.54, 1.807) is 12.2 Å². The van der Waals surface area contributed by atoms with Gasteiger partial charge in [-0.3, -0.25) is 0 Å². The fourth-order valence-electron chi connectivity index (χ4n) is 3.92. The van der Waals surface area contributed by atoms with Gasteiger partial charge in [0.25, 0.3) is 0 Å². The molecule has 0 aliphatic carbocycles. The normalized spacial score (nSPS) is 12.5. The molecule has 0 aromatic heterocycles. The van der Waals surface area contributed by atoms with Crippen LogP contribution in [0.25, 0.3) is 0 Å². The van der Waals surface area contributed by atoms with Gasteiger partial charge in [-0.25, -0.2) is 0 Å². The third-order valence-corrected chi connectivity index (χ3v) is 7.78. The summed E-state index contributed by atoms with van der Waals surface area (Å²) >= 11 is 0. The Labute approximate surface area is 288 Å². The Kier molecular flexibility index (Phi) is 54.2. The minimum atomic E-state index is -0.300. The summed E-state index contributed by atoms with van der Waals surface area (Å²) in [6, 6.07) is 0. The van der Waals surface area contributed by atoms with Crippen LogP contribution in [0.5, 0.6) is 0 Å². The van der Waals surface area contributed by atoms with Crippen molar-refractivity contribution in [2.24, 2.45) is 23.2 Å². The summed E-state index contributed by atoms with van der Waals surface area (Å²) in [5.74, 6) is 1.68. The topological polar surface area (TPSA) is 99.4 Å². The van der Waals surface area contributed by atoms with Crippen LogP contribution in [0.15, 0.2) is 25.3 Å².